The number of non-ortho nitro benzene ring substituents is 1. The summed E-state index contributed by atoms with van der Waals surface area (Å²) in [6.07, 6.45) is 0. The topological polar surface area (TPSA) is 132 Å². The minimum Gasteiger partial charge on any atom is -0.342 e. The molecule has 2 amide bonds. The van der Waals surface area contributed by atoms with Crippen LogP contribution in [-0.2, 0) is 11.3 Å². The highest BCUT2D eigenvalue weighted by molar-refractivity contribution is 7.99. The van der Waals surface area contributed by atoms with E-state index in [1.807, 2.05) is 25.3 Å². The Labute approximate surface area is 211 Å². The molecule has 0 unspecified atom stereocenters. The van der Waals surface area contributed by atoms with Crippen molar-refractivity contribution < 1.29 is 14.5 Å². The largest absolute Gasteiger partial charge is 0.342 e. The summed E-state index contributed by atoms with van der Waals surface area (Å²) in [5.41, 5.74) is 0.660. The van der Waals surface area contributed by atoms with Gasteiger partial charge in [0.15, 0.2) is 11.0 Å². The van der Waals surface area contributed by atoms with Gasteiger partial charge in [-0.2, -0.15) is 0 Å². The molecule has 2 aromatic carbocycles. The molecule has 1 atom stereocenters. The Kier molecular flexibility index (Phi) is 8.83. The maximum absolute atomic E-state index is 12.9. The Bertz CT molecular complexity index is 1210. The summed E-state index contributed by atoms with van der Waals surface area (Å²) in [5.74, 6) is -0.0359. The first-order valence-corrected chi connectivity index (χ1v) is 12.2. The van der Waals surface area contributed by atoms with Crippen molar-refractivity contribution in [2.24, 2.45) is 5.92 Å². The number of hydrogen-bond donors (Lipinski definition) is 2. The molecule has 0 aliphatic heterocycles. The van der Waals surface area contributed by atoms with Gasteiger partial charge in [-0.15, -0.1) is 10.2 Å². The molecule has 0 bridgehead atoms. The number of anilines is 1. The Balaban J connectivity index is 1.72. The molecule has 2 N–H and O–H groups in total. The van der Waals surface area contributed by atoms with Crippen molar-refractivity contribution in [2.45, 2.75) is 38.5 Å². The normalized spacial score (nSPS) is 11.8. The summed E-state index contributed by atoms with van der Waals surface area (Å²) >= 11 is 7.11. The van der Waals surface area contributed by atoms with Gasteiger partial charge in [0, 0.05) is 35.0 Å². The van der Waals surface area contributed by atoms with Crippen LogP contribution in [0.15, 0.2) is 53.7 Å². The summed E-state index contributed by atoms with van der Waals surface area (Å²) in [7, 11) is 0. The number of nitro benzene ring substituents is 1. The number of thioether (sulfide) groups is 1. The van der Waals surface area contributed by atoms with Gasteiger partial charge >= 0.3 is 0 Å². The lowest BCUT2D eigenvalue weighted by atomic mass is 10.0. The molecule has 3 aromatic rings. The number of amides is 2. The van der Waals surface area contributed by atoms with E-state index in [4.69, 9.17) is 11.6 Å². The number of aromatic nitrogens is 3. The van der Waals surface area contributed by atoms with Crippen LogP contribution in [0.2, 0.25) is 5.02 Å². The Hall–Kier alpha value is -3.44. The van der Waals surface area contributed by atoms with E-state index in [0.29, 0.717) is 28.2 Å². The van der Waals surface area contributed by atoms with Crippen LogP contribution in [0.1, 0.15) is 43.0 Å². The maximum atomic E-state index is 12.9. The van der Waals surface area contributed by atoms with E-state index in [1.165, 1.54) is 36.0 Å². The number of nitrogens with one attached hydrogen (secondary N) is 2. The quantitative estimate of drug-likeness (QED) is 0.226. The Morgan fingerprint density at radius 3 is 2.51 bits per heavy atom. The van der Waals surface area contributed by atoms with Gasteiger partial charge in [0.25, 0.3) is 11.6 Å². The van der Waals surface area contributed by atoms with E-state index in [1.54, 1.807) is 24.3 Å². The molecule has 12 heteroatoms. The van der Waals surface area contributed by atoms with Crippen LogP contribution in [0.5, 0.6) is 0 Å². The van der Waals surface area contributed by atoms with E-state index in [0.717, 1.165) is 0 Å². The second kappa shape index (κ2) is 11.8. The van der Waals surface area contributed by atoms with Crippen molar-refractivity contribution in [3.05, 3.63) is 75.1 Å². The molecule has 10 nitrogen and oxygen atoms in total. The standard InChI is InChI=1S/C23H25ClN6O4S/c1-4-29-21(20(14(2)3)26-22(32)15-6-5-7-18(12-15)30(33)34)27-28-23(29)35-13-19(31)25-17-10-8-16(24)9-11-17/h5-12,14,20H,4,13H2,1-3H3,(H,25,31)(H,26,32)/t20-/m0/s1. The van der Waals surface area contributed by atoms with Gasteiger partial charge in [0.05, 0.1) is 16.7 Å². The first-order valence-electron chi connectivity index (χ1n) is 10.9. The van der Waals surface area contributed by atoms with Crippen LogP contribution in [0.25, 0.3) is 0 Å². The van der Waals surface area contributed by atoms with Crippen molar-refractivity contribution in [1.29, 1.82) is 0 Å². The molecule has 0 saturated carbocycles. The highest BCUT2D eigenvalue weighted by Gasteiger charge is 2.26. The molecular weight excluding hydrogens is 492 g/mol. The highest BCUT2D eigenvalue weighted by atomic mass is 35.5. The van der Waals surface area contributed by atoms with Gasteiger partial charge in [0.1, 0.15) is 0 Å². The summed E-state index contributed by atoms with van der Waals surface area (Å²) < 4.78 is 1.85. The minimum absolute atomic E-state index is 0.0433. The number of benzene rings is 2. The van der Waals surface area contributed by atoms with Crippen LogP contribution >= 0.6 is 23.4 Å². The smallest absolute Gasteiger partial charge is 0.270 e. The second-order valence-electron chi connectivity index (χ2n) is 7.93. The SMILES string of the molecule is CCn1c(SCC(=O)Nc2ccc(Cl)cc2)nnc1[C@@H](NC(=O)c1cccc([N+](=O)[O-])c1)C(C)C. The predicted molar refractivity (Wildman–Crippen MR) is 135 cm³/mol. The van der Waals surface area contributed by atoms with Crippen molar-refractivity contribution in [2.75, 3.05) is 11.1 Å². The van der Waals surface area contributed by atoms with Gasteiger partial charge in [-0.05, 0) is 43.2 Å². The van der Waals surface area contributed by atoms with Crippen molar-refractivity contribution in [1.82, 2.24) is 20.1 Å². The molecule has 35 heavy (non-hydrogen) atoms. The van der Waals surface area contributed by atoms with Crippen LogP contribution in [0, 0.1) is 16.0 Å². The lowest BCUT2D eigenvalue weighted by Gasteiger charge is -2.22. The fourth-order valence-electron chi connectivity index (χ4n) is 3.31. The number of carbonyl (C=O) groups excluding carboxylic acids is 2. The third-order valence-electron chi connectivity index (χ3n) is 5.07. The van der Waals surface area contributed by atoms with E-state index >= 15 is 0 Å². The first kappa shape index (κ1) is 26.2. The molecule has 0 aliphatic carbocycles. The third kappa shape index (κ3) is 6.80. The predicted octanol–water partition coefficient (Wildman–Crippen LogP) is 4.72. The molecule has 1 heterocycles. The van der Waals surface area contributed by atoms with Gasteiger partial charge in [-0.25, -0.2) is 0 Å². The molecule has 3 rings (SSSR count). The molecule has 0 fully saturated rings. The van der Waals surface area contributed by atoms with E-state index in [9.17, 15) is 19.7 Å². The fraction of sp³-hybridized carbons (Fsp3) is 0.304. The van der Waals surface area contributed by atoms with E-state index in [2.05, 4.69) is 20.8 Å². The van der Waals surface area contributed by atoms with Crippen LogP contribution in [0.4, 0.5) is 11.4 Å². The van der Waals surface area contributed by atoms with Crippen LogP contribution < -0.4 is 10.6 Å². The van der Waals surface area contributed by atoms with Crippen LogP contribution in [0.3, 0.4) is 0 Å². The van der Waals surface area contributed by atoms with Crippen molar-refractivity contribution >= 4 is 46.6 Å². The zero-order valence-electron chi connectivity index (χ0n) is 19.4. The molecular formula is C23H25ClN6O4S. The summed E-state index contributed by atoms with van der Waals surface area (Å²) in [5, 5.41) is 26.4. The van der Waals surface area contributed by atoms with E-state index in [-0.39, 0.29) is 28.8 Å². The van der Waals surface area contributed by atoms with Gasteiger partial charge < -0.3 is 15.2 Å². The molecule has 0 radical (unpaired) electrons. The maximum Gasteiger partial charge on any atom is 0.270 e. The molecule has 0 aliphatic rings. The van der Waals surface area contributed by atoms with Gasteiger partial charge in [0.2, 0.25) is 5.91 Å². The second-order valence-corrected chi connectivity index (χ2v) is 9.31. The van der Waals surface area contributed by atoms with Crippen molar-refractivity contribution in [3.63, 3.8) is 0 Å². The average Bonchev–Trinajstić information content (AvgIpc) is 3.24. The number of nitro groups is 1. The minimum atomic E-state index is -0.545. The molecule has 1 aromatic heterocycles. The lowest BCUT2D eigenvalue weighted by Crippen LogP contribution is -2.33. The van der Waals surface area contributed by atoms with E-state index < -0.39 is 16.9 Å². The molecule has 0 saturated heterocycles. The van der Waals surface area contributed by atoms with Crippen LogP contribution in [-0.4, -0.2) is 37.3 Å². The zero-order valence-corrected chi connectivity index (χ0v) is 21.0. The number of hydrogen-bond acceptors (Lipinski definition) is 7. The monoisotopic (exact) mass is 516 g/mol. The molecule has 0 spiro atoms. The molecule has 184 valence electrons. The van der Waals surface area contributed by atoms with Gasteiger partial charge in [-0.3, -0.25) is 19.7 Å². The average molecular weight is 517 g/mol. The highest BCUT2D eigenvalue weighted by Crippen LogP contribution is 2.26. The number of halogens is 1. The Morgan fingerprint density at radius 2 is 1.89 bits per heavy atom. The lowest BCUT2D eigenvalue weighted by molar-refractivity contribution is -0.384. The van der Waals surface area contributed by atoms with Gasteiger partial charge in [-0.1, -0.05) is 43.3 Å². The number of nitrogens with zero attached hydrogens (tertiary/aromatic N) is 4. The van der Waals surface area contributed by atoms with Crippen molar-refractivity contribution in [3.8, 4) is 0 Å². The summed E-state index contributed by atoms with van der Waals surface area (Å²) in [4.78, 5) is 35.7. The zero-order chi connectivity index (χ0) is 25.5. The Morgan fingerprint density at radius 1 is 1.17 bits per heavy atom. The summed E-state index contributed by atoms with van der Waals surface area (Å²) in [6.45, 7) is 6.31. The fourth-order valence-corrected chi connectivity index (χ4v) is 4.24. The first-order chi connectivity index (χ1) is 16.7. The number of rotatable bonds is 10. The third-order valence-corrected chi connectivity index (χ3v) is 6.29. The number of carbonyl (C=O) groups is 2. The summed E-state index contributed by atoms with van der Waals surface area (Å²) in [6, 6.07) is 11.9.